The highest BCUT2D eigenvalue weighted by molar-refractivity contribution is 7.90. The Morgan fingerprint density at radius 2 is 1.91 bits per heavy atom. The molecule has 0 radical (unpaired) electrons. The van der Waals surface area contributed by atoms with E-state index in [1.165, 1.54) is 12.1 Å². The third kappa shape index (κ3) is 3.09. The lowest BCUT2D eigenvalue weighted by molar-refractivity contribution is 0.102. The number of nitrogens with one attached hydrogen (secondary N) is 2. The Hall–Kier alpha value is -2.67. The van der Waals surface area contributed by atoms with E-state index < -0.39 is 15.7 Å². The molecule has 0 bridgehead atoms. The predicted octanol–water partition coefficient (Wildman–Crippen LogP) is 2.53. The molecule has 7 heteroatoms. The Balaban J connectivity index is 1.94. The monoisotopic (exact) mass is 329 g/mol. The van der Waals surface area contributed by atoms with Gasteiger partial charge in [-0.05, 0) is 36.8 Å². The van der Waals surface area contributed by atoms with Gasteiger partial charge in [0.2, 0.25) is 5.95 Å². The van der Waals surface area contributed by atoms with Crippen molar-refractivity contribution >= 4 is 32.7 Å². The summed E-state index contributed by atoms with van der Waals surface area (Å²) < 4.78 is 23.3. The highest BCUT2D eigenvalue weighted by atomic mass is 32.2. The fourth-order valence-corrected chi connectivity index (χ4v) is 2.91. The number of H-pyrrole nitrogens is 1. The number of imidazole rings is 1. The first-order valence-electron chi connectivity index (χ1n) is 6.91. The van der Waals surface area contributed by atoms with Crippen LogP contribution in [0.1, 0.15) is 15.9 Å². The van der Waals surface area contributed by atoms with Crippen molar-refractivity contribution < 1.29 is 13.2 Å². The van der Waals surface area contributed by atoms with Crippen molar-refractivity contribution in [2.45, 2.75) is 11.8 Å². The summed E-state index contributed by atoms with van der Waals surface area (Å²) in [5, 5.41) is 2.67. The Morgan fingerprint density at radius 3 is 2.61 bits per heavy atom. The van der Waals surface area contributed by atoms with Gasteiger partial charge in [0, 0.05) is 11.8 Å². The van der Waals surface area contributed by atoms with Crippen molar-refractivity contribution in [1.82, 2.24) is 9.97 Å². The number of hydrogen-bond donors (Lipinski definition) is 2. The van der Waals surface area contributed by atoms with E-state index >= 15 is 0 Å². The fraction of sp³-hybridized carbons (Fsp3) is 0.125. The zero-order chi connectivity index (χ0) is 16.6. The first kappa shape index (κ1) is 15.2. The van der Waals surface area contributed by atoms with Crippen molar-refractivity contribution in [2.75, 3.05) is 11.6 Å². The number of carbonyl (C=O) groups excluding carboxylic acids is 1. The molecule has 0 atom stereocenters. The zero-order valence-corrected chi connectivity index (χ0v) is 13.4. The molecule has 0 aliphatic heterocycles. The summed E-state index contributed by atoms with van der Waals surface area (Å²) in [6, 6.07) is 11.9. The van der Waals surface area contributed by atoms with Crippen LogP contribution in [-0.4, -0.2) is 30.5 Å². The molecule has 0 unspecified atom stereocenters. The highest BCUT2D eigenvalue weighted by Gasteiger charge is 2.15. The molecule has 0 aliphatic carbocycles. The van der Waals surface area contributed by atoms with Crippen molar-refractivity contribution in [3.05, 3.63) is 53.6 Å². The largest absolute Gasteiger partial charge is 0.324 e. The number of para-hydroxylation sites is 2. The van der Waals surface area contributed by atoms with Crippen LogP contribution in [0.4, 0.5) is 5.95 Å². The molecule has 0 saturated carbocycles. The van der Waals surface area contributed by atoms with Crippen LogP contribution in [0.3, 0.4) is 0 Å². The third-order valence-corrected chi connectivity index (χ3v) is 4.61. The standard InChI is InChI=1S/C16H15N3O3S/c1-10-7-8-11(23(2,21)22)9-12(10)15(20)19-16-17-13-5-3-4-6-14(13)18-16/h3-9H,1-2H3,(H2,17,18,19,20). The van der Waals surface area contributed by atoms with Crippen molar-refractivity contribution in [3.63, 3.8) is 0 Å². The number of rotatable bonds is 3. The number of amides is 1. The number of benzene rings is 2. The quantitative estimate of drug-likeness (QED) is 0.772. The number of sulfone groups is 1. The summed E-state index contributed by atoms with van der Waals surface area (Å²) >= 11 is 0. The maximum atomic E-state index is 12.4. The smallest absolute Gasteiger partial charge is 0.258 e. The van der Waals surface area contributed by atoms with Crippen LogP contribution in [0.25, 0.3) is 11.0 Å². The molecular formula is C16H15N3O3S. The number of fused-ring (bicyclic) bond motifs is 1. The number of aromatic amines is 1. The minimum atomic E-state index is -3.37. The van der Waals surface area contributed by atoms with E-state index in [9.17, 15) is 13.2 Å². The Bertz CT molecular complexity index is 973. The highest BCUT2D eigenvalue weighted by Crippen LogP contribution is 2.18. The second kappa shape index (κ2) is 5.51. The third-order valence-electron chi connectivity index (χ3n) is 3.50. The zero-order valence-electron chi connectivity index (χ0n) is 12.6. The maximum absolute atomic E-state index is 12.4. The van der Waals surface area contributed by atoms with Gasteiger partial charge in [0.05, 0.1) is 15.9 Å². The van der Waals surface area contributed by atoms with E-state index in [0.29, 0.717) is 17.1 Å². The van der Waals surface area contributed by atoms with E-state index in [2.05, 4.69) is 15.3 Å². The molecule has 0 saturated heterocycles. The molecule has 0 fully saturated rings. The maximum Gasteiger partial charge on any atom is 0.258 e. The van der Waals surface area contributed by atoms with E-state index in [0.717, 1.165) is 17.3 Å². The van der Waals surface area contributed by atoms with Gasteiger partial charge < -0.3 is 4.98 Å². The Morgan fingerprint density at radius 1 is 1.17 bits per heavy atom. The van der Waals surface area contributed by atoms with Gasteiger partial charge in [0.25, 0.3) is 5.91 Å². The molecule has 2 N–H and O–H groups in total. The molecule has 0 aliphatic rings. The minimum absolute atomic E-state index is 0.109. The molecule has 118 valence electrons. The molecule has 23 heavy (non-hydrogen) atoms. The summed E-state index contributed by atoms with van der Waals surface area (Å²) in [5.74, 6) is -0.0904. The number of anilines is 1. The van der Waals surface area contributed by atoms with Gasteiger partial charge in [-0.15, -0.1) is 0 Å². The van der Waals surface area contributed by atoms with Crippen molar-refractivity contribution in [2.24, 2.45) is 0 Å². The number of nitrogens with zero attached hydrogens (tertiary/aromatic N) is 1. The molecule has 1 amide bonds. The number of carbonyl (C=O) groups is 1. The van der Waals surface area contributed by atoms with Crippen molar-refractivity contribution in [1.29, 1.82) is 0 Å². The first-order valence-corrected chi connectivity index (χ1v) is 8.80. The lowest BCUT2D eigenvalue weighted by atomic mass is 10.1. The van der Waals surface area contributed by atoms with Gasteiger partial charge >= 0.3 is 0 Å². The van der Waals surface area contributed by atoms with Crippen LogP contribution in [-0.2, 0) is 9.84 Å². The summed E-state index contributed by atoms with van der Waals surface area (Å²) in [4.78, 5) is 19.8. The lowest BCUT2D eigenvalue weighted by Gasteiger charge is -2.07. The van der Waals surface area contributed by atoms with E-state index in [1.807, 2.05) is 24.3 Å². The Kier molecular flexibility index (Phi) is 3.65. The SMILES string of the molecule is Cc1ccc(S(C)(=O)=O)cc1C(=O)Nc1nc2ccccc2[nH]1. The molecule has 1 heterocycles. The van der Waals surface area contributed by atoms with Crippen LogP contribution in [0.2, 0.25) is 0 Å². The summed E-state index contributed by atoms with van der Waals surface area (Å²) in [5.41, 5.74) is 2.54. The fourth-order valence-electron chi connectivity index (χ4n) is 2.26. The van der Waals surface area contributed by atoms with Gasteiger partial charge in [0.1, 0.15) is 0 Å². The molecule has 3 aromatic rings. The van der Waals surface area contributed by atoms with Crippen LogP contribution < -0.4 is 5.32 Å². The van der Waals surface area contributed by atoms with Crippen molar-refractivity contribution in [3.8, 4) is 0 Å². The van der Waals surface area contributed by atoms with Crippen LogP contribution >= 0.6 is 0 Å². The topological polar surface area (TPSA) is 91.9 Å². The molecule has 0 spiro atoms. The summed E-state index contributed by atoms with van der Waals surface area (Å²) in [7, 11) is -3.37. The molecule has 6 nitrogen and oxygen atoms in total. The van der Waals surface area contributed by atoms with E-state index in [-0.39, 0.29) is 4.90 Å². The van der Waals surface area contributed by atoms with E-state index in [1.54, 1.807) is 13.0 Å². The van der Waals surface area contributed by atoms with Gasteiger partial charge in [0.15, 0.2) is 9.84 Å². The second-order valence-electron chi connectivity index (χ2n) is 5.31. The second-order valence-corrected chi connectivity index (χ2v) is 7.32. The van der Waals surface area contributed by atoms with Gasteiger partial charge in [-0.3, -0.25) is 10.1 Å². The number of aryl methyl sites for hydroxylation is 1. The lowest BCUT2D eigenvalue weighted by Crippen LogP contribution is -2.15. The number of hydrogen-bond acceptors (Lipinski definition) is 4. The van der Waals surface area contributed by atoms with Gasteiger partial charge in [-0.1, -0.05) is 18.2 Å². The van der Waals surface area contributed by atoms with E-state index in [4.69, 9.17) is 0 Å². The molecule has 1 aromatic heterocycles. The number of aromatic nitrogens is 2. The normalized spacial score (nSPS) is 11.6. The average Bonchev–Trinajstić information content (AvgIpc) is 2.88. The molecule has 3 rings (SSSR count). The van der Waals surface area contributed by atoms with Gasteiger partial charge in [-0.25, -0.2) is 13.4 Å². The Labute approximate surface area is 133 Å². The van der Waals surface area contributed by atoms with Crippen LogP contribution in [0.15, 0.2) is 47.4 Å². The minimum Gasteiger partial charge on any atom is -0.324 e. The first-order chi connectivity index (χ1) is 10.8. The van der Waals surface area contributed by atoms with Crippen LogP contribution in [0.5, 0.6) is 0 Å². The average molecular weight is 329 g/mol. The van der Waals surface area contributed by atoms with Gasteiger partial charge in [-0.2, -0.15) is 0 Å². The van der Waals surface area contributed by atoms with Crippen LogP contribution in [0, 0.1) is 6.92 Å². The summed E-state index contributed by atoms with van der Waals surface area (Å²) in [6.07, 6.45) is 1.11. The molecule has 2 aromatic carbocycles. The molecular weight excluding hydrogens is 314 g/mol. The summed E-state index contributed by atoms with van der Waals surface area (Å²) in [6.45, 7) is 1.75. The predicted molar refractivity (Wildman–Crippen MR) is 88.3 cm³/mol.